The Morgan fingerprint density at radius 3 is 2.84 bits per heavy atom. The lowest BCUT2D eigenvalue weighted by Gasteiger charge is -2.17. The first kappa shape index (κ1) is 21.8. The van der Waals surface area contributed by atoms with Gasteiger partial charge in [0.05, 0.1) is 5.69 Å². The second-order valence-corrected chi connectivity index (χ2v) is 8.44. The molecular weight excluding hydrogens is 426 g/mol. The summed E-state index contributed by atoms with van der Waals surface area (Å²) >= 11 is 1.35. The van der Waals surface area contributed by atoms with E-state index in [1.54, 1.807) is 13.0 Å². The van der Waals surface area contributed by atoms with Gasteiger partial charge in [-0.05, 0) is 42.2 Å². The van der Waals surface area contributed by atoms with Crippen molar-refractivity contribution in [2.75, 3.05) is 5.32 Å². The van der Waals surface area contributed by atoms with E-state index in [0.29, 0.717) is 28.4 Å². The Morgan fingerprint density at radius 1 is 1.28 bits per heavy atom. The molecular formula is C22H25N7O2S. The molecule has 3 aromatic rings. The van der Waals surface area contributed by atoms with Gasteiger partial charge in [-0.2, -0.15) is 4.68 Å². The fourth-order valence-corrected chi connectivity index (χ4v) is 4.21. The summed E-state index contributed by atoms with van der Waals surface area (Å²) in [5.41, 5.74) is 1.49. The Balaban J connectivity index is 1.35. The standard InChI is InChI=1S/C22H25N7O2S/c1-16-25-27-28-29(16)21(18-10-6-3-7-11-18)26-31-14-19-15-32-22(23-19)24-20(30)13-12-17-8-4-2-5-9-17/h3,6-7,10-13,15,17H,2,4-5,8-9,14H2,1H3,(H,23,24,30)/b13-12+,26-21+. The van der Waals surface area contributed by atoms with Crippen molar-refractivity contribution in [3.05, 3.63) is 64.9 Å². The van der Waals surface area contributed by atoms with Crippen LogP contribution >= 0.6 is 11.3 Å². The molecule has 0 atom stereocenters. The van der Waals surface area contributed by atoms with Crippen molar-refractivity contribution in [1.29, 1.82) is 0 Å². The maximum Gasteiger partial charge on any atom is 0.249 e. The lowest BCUT2D eigenvalue weighted by molar-refractivity contribution is -0.111. The lowest BCUT2D eigenvalue weighted by Crippen LogP contribution is -2.17. The molecule has 1 fully saturated rings. The van der Waals surface area contributed by atoms with Gasteiger partial charge >= 0.3 is 0 Å². The quantitative estimate of drug-likeness (QED) is 0.252. The first-order valence-corrected chi connectivity index (χ1v) is 11.5. The molecule has 10 heteroatoms. The fourth-order valence-electron chi connectivity index (χ4n) is 3.52. The number of aromatic nitrogens is 5. The molecule has 166 valence electrons. The van der Waals surface area contributed by atoms with E-state index in [1.165, 1.54) is 35.3 Å². The third-order valence-electron chi connectivity index (χ3n) is 5.17. The maximum absolute atomic E-state index is 12.2. The number of aryl methyl sites for hydroxylation is 1. The number of tetrazole rings is 1. The molecule has 0 unspecified atom stereocenters. The molecule has 2 aromatic heterocycles. The largest absolute Gasteiger partial charge is 0.387 e. The minimum absolute atomic E-state index is 0.155. The molecule has 1 amide bonds. The third kappa shape index (κ3) is 5.85. The Bertz CT molecular complexity index is 1080. The number of amides is 1. The minimum Gasteiger partial charge on any atom is -0.387 e. The Morgan fingerprint density at radius 2 is 2.09 bits per heavy atom. The van der Waals surface area contributed by atoms with Gasteiger partial charge in [-0.15, -0.1) is 16.4 Å². The summed E-state index contributed by atoms with van der Waals surface area (Å²) in [5.74, 6) is 1.42. The number of carbonyl (C=O) groups is 1. The molecule has 1 N–H and O–H groups in total. The highest BCUT2D eigenvalue weighted by Crippen LogP contribution is 2.24. The summed E-state index contributed by atoms with van der Waals surface area (Å²) in [7, 11) is 0. The number of thiazole rings is 1. The number of anilines is 1. The van der Waals surface area contributed by atoms with Crippen LogP contribution in [-0.4, -0.2) is 36.9 Å². The topological polar surface area (TPSA) is 107 Å². The van der Waals surface area contributed by atoms with Gasteiger partial charge < -0.3 is 4.84 Å². The van der Waals surface area contributed by atoms with Crippen LogP contribution in [-0.2, 0) is 16.2 Å². The van der Waals surface area contributed by atoms with Crippen LogP contribution in [0.1, 0.15) is 49.2 Å². The first-order valence-electron chi connectivity index (χ1n) is 10.6. The summed E-state index contributed by atoms with van der Waals surface area (Å²) < 4.78 is 1.51. The number of benzene rings is 1. The van der Waals surface area contributed by atoms with Gasteiger partial charge in [0.2, 0.25) is 11.7 Å². The van der Waals surface area contributed by atoms with Crippen molar-refractivity contribution in [3.8, 4) is 0 Å². The molecule has 0 spiro atoms. The predicted molar refractivity (Wildman–Crippen MR) is 122 cm³/mol. The van der Waals surface area contributed by atoms with Crippen LogP contribution in [0.5, 0.6) is 0 Å². The van der Waals surface area contributed by atoms with Crippen molar-refractivity contribution in [2.24, 2.45) is 11.1 Å². The summed E-state index contributed by atoms with van der Waals surface area (Å²) in [5, 5.41) is 21.0. The molecule has 4 rings (SSSR count). The molecule has 1 aromatic carbocycles. The van der Waals surface area contributed by atoms with Crippen LogP contribution in [0.25, 0.3) is 0 Å². The van der Waals surface area contributed by atoms with E-state index in [2.05, 4.69) is 31.0 Å². The van der Waals surface area contributed by atoms with E-state index in [-0.39, 0.29) is 12.5 Å². The predicted octanol–water partition coefficient (Wildman–Crippen LogP) is 3.94. The van der Waals surface area contributed by atoms with Crippen molar-refractivity contribution < 1.29 is 9.63 Å². The van der Waals surface area contributed by atoms with Gasteiger partial charge in [-0.1, -0.05) is 60.8 Å². The maximum atomic E-state index is 12.2. The van der Waals surface area contributed by atoms with Gasteiger partial charge in [-0.25, -0.2) is 4.98 Å². The molecule has 1 saturated carbocycles. The van der Waals surface area contributed by atoms with E-state index in [1.807, 2.05) is 41.8 Å². The van der Waals surface area contributed by atoms with Crippen molar-refractivity contribution in [2.45, 2.75) is 45.6 Å². The number of oxime groups is 1. The van der Waals surface area contributed by atoms with E-state index >= 15 is 0 Å². The van der Waals surface area contributed by atoms with E-state index in [0.717, 1.165) is 18.4 Å². The number of nitrogens with zero attached hydrogens (tertiary/aromatic N) is 6. The summed E-state index contributed by atoms with van der Waals surface area (Å²) in [6.45, 7) is 1.94. The molecule has 1 aliphatic rings. The number of allylic oxidation sites excluding steroid dienone is 1. The third-order valence-corrected chi connectivity index (χ3v) is 5.98. The number of hydrogen-bond acceptors (Lipinski definition) is 8. The van der Waals surface area contributed by atoms with Gasteiger partial charge in [0.1, 0.15) is 0 Å². The van der Waals surface area contributed by atoms with Gasteiger partial charge in [0.25, 0.3) is 0 Å². The zero-order chi connectivity index (χ0) is 22.2. The molecule has 0 bridgehead atoms. The van der Waals surface area contributed by atoms with Crippen LogP contribution in [0, 0.1) is 12.8 Å². The van der Waals surface area contributed by atoms with Crippen molar-refractivity contribution in [1.82, 2.24) is 25.2 Å². The number of rotatable bonds is 7. The molecule has 32 heavy (non-hydrogen) atoms. The number of nitrogens with one attached hydrogen (secondary N) is 1. The number of carbonyl (C=O) groups excluding carboxylic acids is 1. The van der Waals surface area contributed by atoms with Gasteiger partial charge in [0.15, 0.2) is 17.6 Å². The van der Waals surface area contributed by atoms with Crippen LogP contribution in [0.2, 0.25) is 0 Å². The Kier molecular flexibility index (Phi) is 7.34. The zero-order valence-electron chi connectivity index (χ0n) is 17.8. The molecule has 9 nitrogen and oxygen atoms in total. The van der Waals surface area contributed by atoms with Crippen LogP contribution in [0.3, 0.4) is 0 Å². The highest BCUT2D eigenvalue weighted by molar-refractivity contribution is 7.13. The first-order chi connectivity index (χ1) is 15.7. The van der Waals surface area contributed by atoms with E-state index < -0.39 is 0 Å². The zero-order valence-corrected chi connectivity index (χ0v) is 18.7. The molecule has 2 heterocycles. The highest BCUT2D eigenvalue weighted by atomic mass is 32.1. The minimum atomic E-state index is -0.157. The van der Waals surface area contributed by atoms with Crippen molar-refractivity contribution in [3.63, 3.8) is 0 Å². The molecule has 0 aliphatic heterocycles. The van der Waals surface area contributed by atoms with Crippen LogP contribution < -0.4 is 5.32 Å². The Hall–Kier alpha value is -3.40. The summed E-state index contributed by atoms with van der Waals surface area (Å²) in [6.07, 6.45) is 9.76. The normalized spacial score (nSPS) is 15.2. The number of hydrogen-bond donors (Lipinski definition) is 1. The van der Waals surface area contributed by atoms with Gasteiger partial charge in [0, 0.05) is 10.9 Å². The lowest BCUT2D eigenvalue weighted by atomic mass is 9.89. The molecule has 0 radical (unpaired) electrons. The second kappa shape index (κ2) is 10.8. The van der Waals surface area contributed by atoms with Gasteiger partial charge in [-0.3, -0.25) is 10.1 Å². The van der Waals surface area contributed by atoms with E-state index in [4.69, 9.17) is 4.84 Å². The Labute approximate surface area is 190 Å². The molecule has 0 saturated heterocycles. The van der Waals surface area contributed by atoms with Crippen molar-refractivity contribution >= 4 is 28.2 Å². The molecule has 1 aliphatic carbocycles. The van der Waals surface area contributed by atoms with Crippen LogP contribution in [0.15, 0.2) is 53.0 Å². The second-order valence-electron chi connectivity index (χ2n) is 7.58. The summed E-state index contributed by atoms with van der Waals surface area (Å²) in [4.78, 5) is 22.1. The highest BCUT2D eigenvalue weighted by Gasteiger charge is 2.13. The average molecular weight is 452 g/mol. The monoisotopic (exact) mass is 451 g/mol. The average Bonchev–Trinajstić information content (AvgIpc) is 3.45. The van der Waals surface area contributed by atoms with E-state index in [9.17, 15) is 4.79 Å². The smallest absolute Gasteiger partial charge is 0.249 e. The summed E-state index contributed by atoms with van der Waals surface area (Å²) in [6, 6.07) is 9.54. The fraction of sp³-hybridized carbons (Fsp3) is 0.364. The SMILES string of the molecule is Cc1nnnn1/C(=N/OCc1csc(NC(=O)/C=C/C2CCCCC2)n1)c1ccccc1. The van der Waals surface area contributed by atoms with Crippen LogP contribution in [0.4, 0.5) is 5.13 Å².